The van der Waals surface area contributed by atoms with Crippen LogP contribution in [0.5, 0.6) is 5.75 Å². The summed E-state index contributed by atoms with van der Waals surface area (Å²) in [5.74, 6) is -0.607. The molecule has 0 atom stereocenters. The summed E-state index contributed by atoms with van der Waals surface area (Å²) in [7, 11) is 0. The second kappa shape index (κ2) is 10.6. The quantitative estimate of drug-likeness (QED) is 0.242. The van der Waals surface area contributed by atoms with E-state index < -0.39 is 12.3 Å². The number of amides is 1. The van der Waals surface area contributed by atoms with Gasteiger partial charge in [0.05, 0.1) is 11.4 Å². The Kier molecular flexibility index (Phi) is 7.48. The van der Waals surface area contributed by atoms with Gasteiger partial charge in [-0.1, -0.05) is 29.1 Å². The normalized spacial score (nSPS) is 11.4. The zero-order valence-electron chi connectivity index (χ0n) is 20.4. The zero-order chi connectivity index (χ0) is 26.7. The predicted molar refractivity (Wildman–Crippen MR) is 133 cm³/mol. The summed E-state index contributed by atoms with van der Waals surface area (Å²) >= 11 is 1.29. The molecule has 4 aromatic rings. The molecule has 2 aromatic carbocycles. The summed E-state index contributed by atoms with van der Waals surface area (Å²) in [5.41, 5.74) is 5.02. The number of aromatic nitrogens is 5. The summed E-state index contributed by atoms with van der Waals surface area (Å²) in [4.78, 5) is 22.1. The van der Waals surface area contributed by atoms with Gasteiger partial charge in [-0.05, 0) is 75.2 Å². The Morgan fingerprint density at radius 3 is 2.32 bits per heavy atom. The van der Waals surface area contributed by atoms with E-state index in [0.29, 0.717) is 22.2 Å². The van der Waals surface area contributed by atoms with Crippen LogP contribution in [0.25, 0.3) is 5.69 Å². The van der Waals surface area contributed by atoms with Gasteiger partial charge in [-0.15, -0.1) is 18.3 Å². The van der Waals surface area contributed by atoms with Crippen molar-refractivity contribution in [1.29, 1.82) is 0 Å². The molecule has 0 fully saturated rings. The molecule has 2 aromatic heterocycles. The molecule has 2 heterocycles. The van der Waals surface area contributed by atoms with Gasteiger partial charge >= 0.3 is 6.36 Å². The number of alkyl halides is 3. The Bertz CT molecular complexity index is 1420. The van der Waals surface area contributed by atoms with E-state index in [9.17, 15) is 18.0 Å². The standard InChI is InChI=1S/C25H23F3N6O2S/c1-14-5-6-15(2)20(11-14)31-23(35)22-21(13-37-24-29-16(3)12-17(4)30-24)34(33-32-22)18-7-9-19(10-8-18)36-25(26,27)28/h5-12H,13H2,1-4H3,(H,31,35). The Hall–Kier alpha value is -3.93. The maximum Gasteiger partial charge on any atom is 0.573 e. The van der Waals surface area contributed by atoms with E-state index in [2.05, 4.69) is 30.3 Å². The second-order valence-corrected chi connectivity index (χ2v) is 9.28. The fourth-order valence-corrected chi connectivity index (χ4v) is 4.49. The van der Waals surface area contributed by atoms with E-state index in [4.69, 9.17) is 0 Å². The first-order valence-electron chi connectivity index (χ1n) is 11.1. The van der Waals surface area contributed by atoms with Crippen LogP contribution >= 0.6 is 11.8 Å². The average molecular weight is 529 g/mol. The van der Waals surface area contributed by atoms with Crippen molar-refractivity contribution in [2.24, 2.45) is 0 Å². The predicted octanol–water partition coefficient (Wildman–Crippen LogP) is 5.73. The number of anilines is 1. The highest BCUT2D eigenvalue weighted by molar-refractivity contribution is 7.98. The van der Waals surface area contributed by atoms with Crippen molar-refractivity contribution in [3.05, 3.63) is 82.4 Å². The number of carbonyl (C=O) groups excluding carboxylic acids is 1. The highest BCUT2D eigenvalue weighted by atomic mass is 32.2. The minimum atomic E-state index is -4.80. The third kappa shape index (κ3) is 6.64. The molecule has 4 rings (SSSR count). The van der Waals surface area contributed by atoms with Crippen LogP contribution in [0.3, 0.4) is 0 Å². The lowest BCUT2D eigenvalue weighted by Crippen LogP contribution is -2.17. The summed E-state index contributed by atoms with van der Waals surface area (Å²) in [5, 5.41) is 11.6. The molecule has 1 amide bonds. The molecule has 0 saturated carbocycles. The lowest BCUT2D eigenvalue weighted by Gasteiger charge is -2.12. The van der Waals surface area contributed by atoms with E-state index in [1.807, 2.05) is 52.0 Å². The highest BCUT2D eigenvalue weighted by Crippen LogP contribution is 2.27. The average Bonchev–Trinajstić information content (AvgIpc) is 3.23. The van der Waals surface area contributed by atoms with Gasteiger partial charge in [-0.25, -0.2) is 14.6 Å². The molecule has 192 valence electrons. The summed E-state index contributed by atoms with van der Waals surface area (Å²) in [6, 6.07) is 12.7. The number of rotatable bonds is 7. The molecule has 0 unspecified atom stereocenters. The van der Waals surface area contributed by atoms with Crippen molar-refractivity contribution < 1.29 is 22.7 Å². The SMILES string of the molecule is Cc1ccc(C)c(NC(=O)c2nnn(-c3ccc(OC(F)(F)F)cc3)c2CSc2nc(C)cc(C)n2)c1. The Balaban J connectivity index is 1.68. The zero-order valence-corrected chi connectivity index (χ0v) is 21.2. The van der Waals surface area contributed by atoms with Crippen molar-refractivity contribution in [3.8, 4) is 11.4 Å². The van der Waals surface area contributed by atoms with Crippen molar-refractivity contribution in [2.45, 2.75) is 45.0 Å². The van der Waals surface area contributed by atoms with Gasteiger partial charge < -0.3 is 10.1 Å². The molecule has 0 radical (unpaired) electrons. The third-order valence-electron chi connectivity index (χ3n) is 5.23. The first kappa shape index (κ1) is 26.1. The molecule has 0 aliphatic rings. The Labute approximate surface area is 215 Å². The van der Waals surface area contributed by atoms with E-state index >= 15 is 0 Å². The number of halogens is 3. The highest BCUT2D eigenvalue weighted by Gasteiger charge is 2.31. The number of nitrogens with one attached hydrogen (secondary N) is 1. The van der Waals surface area contributed by atoms with Crippen LogP contribution < -0.4 is 10.1 Å². The van der Waals surface area contributed by atoms with E-state index in [1.54, 1.807) is 0 Å². The monoisotopic (exact) mass is 528 g/mol. The fraction of sp³-hybridized carbons (Fsp3) is 0.240. The van der Waals surface area contributed by atoms with Gasteiger partial charge in [0.2, 0.25) is 0 Å². The van der Waals surface area contributed by atoms with Crippen LogP contribution in [-0.4, -0.2) is 37.2 Å². The fourth-order valence-electron chi connectivity index (χ4n) is 3.55. The van der Waals surface area contributed by atoms with Gasteiger partial charge in [-0.3, -0.25) is 4.79 Å². The molecule has 37 heavy (non-hydrogen) atoms. The van der Waals surface area contributed by atoms with Gasteiger partial charge in [0, 0.05) is 22.8 Å². The number of aryl methyl sites for hydroxylation is 4. The first-order chi connectivity index (χ1) is 17.5. The minimum Gasteiger partial charge on any atom is -0.406 e. The number of benzene rings is 2. The first-order valence-corrected chi connectivity index (χ1v) is 12.1. The van der Waals surface area contributed by atoms with Gasteiger partial charge in [0.25, 0.3) is 5.91 Å². The lowest BCUT2D eigenvalue weighted by molar-refractivity contribution is -0.274. The van der Waals surface area contributed by atoms with Crippen LogP contribution in [-0.2, 0) is 5.75 Å². The molecular weight excluding hydrogens is 505 g/mol. The summed E-state index contributed by atoms with van der Waals surface area (Å²) < 4.78 is 43.0. The maximum absolute atomic E-state index is 13.3. The number of ether oxygens (including phenoxy) is 1. The Morgan fingerprint density at radius 2 is 1.68 bits per heavy atom. The van der Waals surface area contributed by atoms with Crippen LogP contribution in [0.15, 0.2) is 53.7 Å². The molecule has 1 N–H and O–H groups in total. The van der Waals surface area contributed by atoms with Gasteiger partial charge in [0.15, 0.2) is 10.9 Å². The minimum absolute atomic E-state index is 0.0772. The topological polar surface area (TPSA) is 94.8 Å². The number of thioether (sulfide) groups is 1. The molecule has 0 spiro atoms. The van der Waals surface area contributed by atoms with Crippen molar-refractivity contribution >= 4 is 23.4 Å². The number of nitrogens with zero attached hydrogens (tertiary/aromatic N) is 5. The number of hydrogen-bond acceptors (Lipinski definition) is 7. The largest absolute Gasteiger partial charge is 0.573 e. The van der Waals surface area contributed by atoms with E-state index in [-0.39, 0.29) is 17.2 Å². The molecule has 0 aliphatic heterocycles. The van der Waals surface area contributed by atoms with Crippen LogP contribution in [0.2, 0.25) is 0 Å². The Morgan fingerprint density at radius 1 is 1.00 bits per heavy atom. The number of carbonyl (C=O) groups is 1. The van der Waals surface area contributed by atoms with E-state index in [0.717, 1.165) is 22.5 Å². The molecule has 8 nitrogen and oxygen atoms in total. The van der Waals surface area contributed by atoms with Crippen molar-refractivity contribution in [2.75, 3.05) is 5.32 Å². The van der Waals surface area contributed by atoms with Crippen molar-refractivity contribution in [3.63, 3.8) is 0 Å². The molecule has 0 aliphatic carbocycles. The molecule has 0 saturated heterocycles. The van der Waals surface area contributed by atoms with Crippen LogP contribution in [0.1, 0.15) is 38.7 Å². The maximum atomic E-state index is 13.3. The molecule has 0 bridgehead atoms. The van der Waals surface area contributed by atoms with E-state index in [1.165, 1.54) is 40.7 Å². The van der Waals surface area contributed by atoms with Crippen LogP contribution in [0, 0.1) is 27.7 Å². The molecule has 12 heteroatoms. The van der Waals surface area contributed by atoms with Crippen molar-refractivity contribution in [1.82, 2.24) is 25.0 Å². The molecular formula is C25H23F3N6O2S. The number of hydrogen-bond donors (Lipinski definition) is 1. The lowest BCUT2D eigenvalue weighted by atomic mass is 10.1. The van der Waals surface area contributed by atoms with Gasteiger partial charge in [-0.2, -0.15) is 0 Å². The van der Waals surface area contributed by atoms with Crippen LogP contribution in [0.4, 0.5) is 18.9 Å². The second-order valence-electron chi connectivity index (χ2n) is 8.33. The summed E-state index contributed by atoms with van der Waals surface area (Å²) in [6.07, 6.45) is -4.80. The summed E-state index contributed by atoms with van der Waals surface area (Å²) in [6.45, 7) is 7.52. The third-order valence-corrected chi connectivity index (χ3v) is 6.09. The smallest absolute Gasteiger partial charge is 0.406 e. The van der Waals surface area contributed by atoms with Gasteiger partial charge in [0.1, 0.15) is 5.75 Å².